The Hall–Kier alpha value is -5.10. The predicted octanol–water partition coefficient (Wildman–Crippen LogP) is 6.44. The van der Waals surface area contributed by atoms with Crippen molar-refractivity contribution in [2.75, 3.05) is 5.32 Å². The summed E-state index contributed by atoms with van der Waals surface area (Å²) in [5.41, 5.74) is 3.83. The van der Waals surface area contributed by atoms with Crippen LogP contribution in [0.25, 0.3) is 12.2 Å². The zero-order valence-electron chi connectivity index (χ0n) is 20.6. The van der Waals surface area contributed by atoms with Crippen LogP contribution in [-0.4, -0.2) is 17.6 Å². The van der Waals surface area contributed by atoms with Crippen LogP contribution in [0.15, 0.2) is 115 Å². The Morgan fingerprint density at radius 2 is 1.45 bits per heavy atom. The number of nitrogens with one attached hydrogen (secondary N) is 2. The smallest absolute Gasteiger partial charge is 0.272 e. The molecule has 5 nitrogen and oxygen atoms in total. The fourth-order valence-electron chi connectivity index (χ4n) is 3.63. The molecule has 0 aliphatic carbocycles. The van der Waals surface area contributed by atoms with Gasteiger partial charge in [0.2, 0.25) is 0 Å². The summed E-state index contributed by atoms with van der Waals surface area (Å²) in [6, 6.07) is 28.3. The summed E-state index contributed by atoms with van der Waals surface area (Å²) in [6.45, 7) is 1.99. The molecule has 0 saturated carbocycles. The number of hydrogen-bond donors (Lipinski definition) is 2. The van der Waals surface area contributed by atoms with Crippen molar-refractivity contribution in [2.24, 2.45) is 0 Å². The fraction of sp³-hybridized carbons (Fsp3) is 0.0312. The molecule has 0 aromatic heterocycles. The molecule has 4 aromatic rings. The molecule has 4 rings (SSSR count). The van der Waals surface area contributed by atoms with Crippen LogP contribution in [-0.2, 0) is 4.79 Å². The first kappa shape index (κ1) is 26.0. The van der Waals surface area contributed by atoms with Crippen molar-refractivity contribution in [1.82, 2.24) is 5.32 Å². The van der Waals surface area contributed by atoms with E-state index in [1.807, 2.05) is 31.2 Å². The fourth-order valence-corrected chi connectivity index (χ4v) is 3.63. The van der Waals surface area contributed by atoms with E-state index in [1.165, 1.54) is 36.4 Å². The second kappa shape index (κ2) is 12.2. The number of hydrogen-bond acceptors (Lipinski definition) is 3. The largest absolute Gasteiger partial charge is 0.321 e. The average molecular weight is 505 g/mol. The average Bonchev–Trinajstić information content (AvgIpc) is 2.93. The van der Waals surface area contributed by atoms with Crippen molar-refractivity contribution in [1.29, 1.82) is 0 Å². The van der Waals surface area contributed by atoms with Crippen molar-refractivity contribution in [3.05, 3.63) is 149 Å². The number of benzene rings is 4. The van der Waals surface area contributed by atoms with Gasteiger partial charge in [-0.2, -0.15) is 0 Å². The standard InChI is InChI=1S/C32H25FN2O3/c1-22-6-5-7-23(20-22)12-19-30(36)25-13-17-28(18-14-25)34-32(38)29(21-24-10-15-27(33)16-11-24)35-31(37)26-8-3-2-4-9-26/h2-21H,1H3,(H,34,38)(H,35,37)/b19-12+,29-21-. The highest BCUT2D eigenvalue weighted by Gasteiger charge is 2.15. The molecule has 2 N–H and O–H groups in total. The van der Waals surface area contributed by atoms with Gasteiger partial charge in [-0.25, -0.2) is 4.39 Å². The second-order valence-electron chi connectivity index (χ2n) is 8.57. The van der Waals surface area contributed by atoms with Gasteiger partial charge in [0.15, 0.2) is 5.78 Å². The number of ketones is 1. The minimum absolute atomic E-state index is 0.0216. The van der Waals surface area contributed by atoms with Gasteiger partial charge in [-0.15, -0.1) is 0 Å². The molecular formula is C32H25FN2O3. The number of allylic oxidation sites excluding steroid dienone is 1. The predicted molar refractivity (Wildman–Crippen MR) is 148 cm³/mol. The number of anilines is 1. The molecule has 2 amide bonds. The van der Waals surface area contributed by atoms with E-state index >= 15 is 0 Å². The maximum Gasteiger partial charge on any atom is 0.272 e. The Morgan fingerprint density at radius 1 is 0.737 bits per heavy atom. The first-order chi connectivity index (χ1) is 18.4. The van der Waals surface area contributed by atoms with Gasteiger partial charge in [-0.05, 0) is 78.7 Å². The summed E-state index contributed by atoms with van der Waals surface area (Å²) in [6.07, 6.45) is 4.72. The number of carbonyl (C=O) groups is 3. The molecule has 4 aromatic carbocycles. The molecule has 6 heteroatoms. The third kappa shape index (κ3) is 7.21. The van der Waals surface area contributed by atoms with Crippen LogP contribution in [0.5, 0.6) is 0 Å². The highest BCUT2D eigenvalue weighted by Crippen LogP contribution is 2.15. The molecule has 0 aliphatic rings. The van der Waals surface area contributed by atoms with Gasteiger partial charge in [0.25, 0.3) is 11.8 Å². The zero-order valence-corrected chi connectivity index (χ0v) is 20.6. The highest BCUT2D eigenvalue weighted by atomic mass is 19.1. The van der Waals surface area contributed by atoms with Crippen molar-refractivity contribution < 1.29 is 18.8 Å². The van der Waals surface area contributed by atoms with Gasteiger partial charge in [-0.3, -0.25) is 14.4 Å². The van der Waals surface area contributed by atoms with E-state index in [9.17, 15) is 18.8 Å². The lowest BCUT2D eigenvalue weighted by atomic mass is 10.1. The summed E-state index contributed by atoms with van der Waals surface area (Å²) in [5, 5.41) is 5.37. The highest BCUT2D eigenvalue weighted by molar-refractivity contribution is 6.11. The second-order valence-corrected chi connectivity index (χ2v) is 8.57. The number of rotatable bonds is 8. The van der Waals surface area contributed by atoms with Gasteiger partial charge in [0.1, 0.15) is 11.5 Å². The van der Waals surface area contributed by atoms with Crippen LogP contribution in [0, 0.1) is 12.7 Å². The summed E-state index contributed by atoms with van der Waals surface area (Å²) < 4.78 is 13.3. The molecule has 188 valence electrons. The zero-order chi connectivity index (χ0) is 26.9. The van der Waals surface area contributed by atoms with Crippen molar-refractivity contribution in [3.63, 3.8) is 0 Å². The van der Waals surface area contributed by atoms with Crippen LogP contribution in [0.2, 0.25) is 0 Å². The van der Waals surface area contributed by atoms with Crippen molar-refractivity contribution in [3.8, 4) is 0 Å². The van der Waals surface area contributed by atoms with Crippen LogP contribution in [0.3, 0.4) is 0 Å². The molecule has 0 unspecified atom stereocenters. The van der Waals surface area contributed by atoms with E-state index in [2.05, 4.69) is 10.6 Å². The molecule has 0 bridgehead atoms. The summed E-state index contributed by atoms with van der Waals surface area (Å²) in [4.78, 5) is 38.4. The first-order valence-corrected chi connectivity index (χ1v) is 11.9. The molecule has 0 radical (unpaired) electrons. The van der Waals surface area contributed by atoms with Crippen molar-refractivity contribution in [2.45, 2.75) is 6.92 Å². The van der Waals surface area contributed by atoms with Gasteiger partial charge in [0.05, 0.1) is 0 Å². The Bertz CT molecular complexity index is 1510. The number of amides is 2. The van der Waals surface area contributed by atoms with E-state index < -0.39 is 17.6 Å². The number of halogens is 1. The maximum absolute atomic E-state index is 13.3. The van der Waals surface area contributed by atoms with Crippen LogP contribution in [0.1, 0.15) is 37.4 Å². The lowest BCUT2D eigenvalue weighted by Crippen LogP contribution is -2.30. The minimum Gasteiger partial charge on any atom is -0.321 e. The van der Waals surface area contributed by atoms with Gasteiger partial charge in [-0.1, -0.05) is 66.2 Å². The lowest BCUT2D eigenvalue weighted by molar-refractivity contribution is -0.113. The van der Waals surface area contributed by atoms with Gasteiger partial charge in [0, 0.05) is 16.8 Å². The Kier molecular flexibility index (Phi) is 8.36. The molecular weight excluding hydrogens is 479 g/mol. The van der Waals surface area contributed by atoms with Gasteiger partial charge >= 0.3 is 0 Å². The summed E-state index contributed by atoms with van der Waals surface area (Å²) in [7, 11) is 0. The van der Waals surface area contributed by atoms with Crippen molar-refractivity contribution >= 4 is 35.4 Å². The summed E-state index contributed by atoms with van der Waals surface area (Å²) >= 11 is 0. The normalized spacial score (nSPS) is 11.3. The number of aryl methyl sites for hydroxylation is 1. The first-order valence-electron chi connectivity index (χ1n) is 11.9. The molecule has 38 heavy (non-hydrogen) atoms. The molecule has 0 fully saturated rings. The Morgan fingerprint density at radius 3 is 2.13 bits per heavy atom. The third-order valence-electron chi connectivity index (χ3n) is 5.61. The monoisotopic (exact) mass is 504 g/mol. The third-order valence-corrected chi connectivity index (χ3v) is 5.61. The maximum atomic E-state index is 13.3. The quantitative estimate of drug-likeness (QED) is 0.214. The van der Waals surface area contributed by atoms with E-state index in [-0.39, 0.29) is 11.5 Å². The van der Waals surface area contributed by atoms with Crippen LogP contribution in [0.4, 0.5) is 10.1 Å². The topological polar surface area (TPSA) is 75.3 Å². The number of carbonyl (C=O) groups excluding carboxylic acids is 3. The van der Waals surface area contributed by atoms with Crippen LogP contribution < -0.4 is 10.6 Å². The minimum atomic E-state index is -0.572. The van der Waals surface area contributed by atoms with E-state index in [0.29, 0.717) is 22.4 Å². The summed E-state index contributed by atoms with van der Waals surface area (Å²) in [5.74, 6) is -1.62. The van der Waals surface area contributed by atoms with E-state index in [0.717, 1.165) is 11.1 Å². The Labute approximate surface area is 220 Å². The molecule has 0 atom stereocenters. The molecule has 0 saturated heterocycles. The molecule has 0 aliphatic heterocycles. The SMILES string of the molecule is Cc1cccc(/C=C/C(=O)c2ccc(NC(=O)/C(=C/c3ccc(F)cc3)NC(=O)c3ccccc3)cc2)c1. The molecule has 0 heterocycles. The Balaban J connectivity index is 1.49. The van der Waals surface area contributed by atoms with Gasteiger partial charge < -0.3 is 10.6 Å². The molecule has 0 spiro atoms. The van der Waals surface area contributed by atoms with E-state index in [4.69, 9.17) is 0 Å². The van der Waals surface area contributed by atoms with Crippen LogP contribution >= 0.6 is 0 Å². The lowest BCUT2D eigenvalue weighted by Gasteiger charge is -2.12. The van der Waals surface area contributed by atoms with E-state index in [1.54, 1.807) is 60.7 Å².